The van der Waals surface area contributed by atoms with Crippen molar-refractivity contribution in [2.24, 2.45) is 0 Å². The minimum Gasteiger partial charge on any atom is -0.361 e. The lowest BCUT2D eigenvalue weighted by Gasteiger charge is -2.00. The van der Waals surface area contributed by atoms with Gasteiger partial charge in [-0.15, -0.1) is 0 Å². The lowest BCUT2D eigenvalue weighted by molar-refractivity contribution is 0.389. The Morgan fingerprint density at radius 1 is 1.44 bits per heavy atom. The Morgan fingerprint density at radius 2 is 2.28 bits per heavy atom. The van der Waals surface area contributed by atoms with Crippen molar-refractivity contribution in [1.29, 1.82) is 0 Å². The van der Waals surface area contributed by atoms with Gasteiger partial charge in [0, 0.05) is 12.3 Å². The van der Waals surface area contributed by atoms with Crippen molar-refractivity contribution < 1.29 is 4.52 Å². The molecule has 0 aliphatic heterocycles. The summed E-state index contributed by atoms with van der Waals surface area (Å²) in [5.74, 6) is 0.792. The van der Waals surface area contributed by atoms with Crippen LogP contribution >= 0.6 is 12.2 Å². The van der Waals surface area contributed by atoms with Gasteiger partial charge in [0.1, 0.15) is 11.5 Å². The van der Waals surface area contributed by atoms with Gasteiger partial charge in [-0.25, -0.2) is 4.98 Å². The number of nitrogens with zero attached hydrogens (tertiary/aromatic N) is 3. The molecule has 0 aliphatic carbocycles. The molecule has 0 saturated heterocycles. The fraction of sp³-hybridized carbons (Fsp3) is 0.250. The van der Waals surface area contributed by atoms with E-state index in [2.05, 4.69) is 15.1 Å². The van der Waals surface area contributed by atoms with E-state index in [0.29, 0.717) is 11.3 Å². The highest BCUT2D eigenvalue weighted by atomic mass is 32.1. The number of rotatable bonds is 2. The Hall–Kier alpha value is -1.95. The maximum Gasteiger partial charge on any atom is 0.179 e. The number of nitrogens with one attached hydrogen (secondary N) is 1. The molecule has 3 heterocycles. The largest absolute Gasteiger partial charge is 0.361 e. The predicted octanol–water partition coefficient (Wildman–Crippen LogP) is 2.75. The van der Waals surface area contributed by atoms with E-state index in [1.54, 1.807) is 6.20 Å². The van der Waals surface area contributed by atoms with Crippen molar-refractivity contribution in [3.8, 4) is 0 Å². The number of fused-ring (bicyclic) bond motifs is 1. The first-order chi connectivity index (χ1) is 8.65. The molecule has 5 nitrogen and oxygen atoms in total. The second kappa shape index (κ2) is 4.06. The van der Waals surface area contributed by atoms with Crippen LogP contribution in [0.4, 0.5) is 0 Å². The van der Waals surface area contributed by atoms with E-state index < -0.39 is 0 Å². The summed E-state index contributed by atoms with van der Waals surface area (Å²) in [4.78, 5) is 7.55. The van der Waals surface area contributed by atoms with E-state index in [1.807, 2.05) is 30.5 Å². The molecule has 0 spiro atoms. The van der Waals surface area contributed by atoms with Crippen molar-refractivity contribution in [2.45, 2.75) is 20.4 Å². The first-order valence-corrected chi connectivity index (χ1v) is 6.02. The lowest BCUT2D eigenvalue weighted by atomic mass is 10.3. The Labute approximate surface area is 108 Å². The summed E-state index contributed by atoms with van der Waals surface area (Å²) in [5.41, 5.74) is 3.79. The van der Waals surface area contributed by atoms with Gasteiger partial charge >= 0.3 is 0 Å². The lowest BCUT2D eigenvalue weighted by Crippen LogP contribution is -2.01. The quantitative estimate of drug-likeness (QED) is 0.720. The van der Waals surface area contributed by atoms with Crippen LogP contribution in [-0.4, -0.2) is 19.7 Å². The van der Waals surface area contributed by atoms with E-state index in [9.17, 15) is 0 Å². The van der Waals surface area contributed by atoms with Gasteiger partial charge in [-0.3, -0.25) is 4.57 Å². The molecule has 0 aromatic carbocycles. The number of pyridine rings is 1. The van der Waals surface area contributed by atoms with Crippen LogP contribution in [0.15, 0.2) is 22.9 Å². The Morgan fingerprint density at radius 3 is 3.00 bits per heavy atom. The van der Waals surface area contributed by atoms with Crippen molar-refractivity contribution >= 4 is 23.4 Å². The number of aryl methyl sites for hydroxylation is 2. The van der Waals surface area contributed by atoms with Crippen molar-refractivity contribution in [2.75, 3.05) is 0 Å². The zero-order chi connectivity index (χ0) is 12.7. The molecule has 3 aromatic rings. The first-order valence-electron chi connectivity index (χ1n) is 5.61. The van der Waals surface area contributed by atoms with E-state index >= 15 is 0 Å². The average molecular weight is 260 g/mol. The highest BCUT2D eigenvalue weighted by Gasteiger charge is 2.09. The Kier molecular flexibility index (Phi) is 2.52. The number of aromatic amines is 1. The highest BCUT2D eigenvalue weighted by molar-refractivity contribution is 7.71. The number of imidazole rings is 1. The number of hydrogen-bond donors (Lipinski definition) is 1. The smallest absolute Gasteiger partial charge is 0.179 e. The summed E-state index contributed by atoms with van der Waals surface area (Å²) in [6, 6.07) is 3.86. The fourth-order valence-electron chi connectivity index (χ4n) is 1.97. The van der Waals surface area contributed by atoms with Crippen LogP contribution in [0, 0.1) is 18.6 Å². The molecule has 3 aromatic heterocycles. The number of H-pyrrole nitrogens is 1. The van der Waals surface area contributed by atoms with Crippen molar-refractivity contribution in [3.05, 3.63) is 40.1 Å². The molecule has 18 heavy (non-hydrogen) atoms. The van der Waals surface area contributed by atoms with Gasteiger partial charge in [0.25, 0.3) is 0 Å². The van der Waals surface area contributed by atoms with E-state index in [4.69, 9.17) is 16.7 Å². The monoisotopic (exact) mass is 260 g/mol. The maximum atomic E-state index is 5.33. The van der Waals surface area contributed by atoms with Crippen LogP contribution in [0.1, 0.15) is 17.0 Å². The summed E-state index contributed by atoms with van der Waals surface area (Å²) in [6.07, 6.45) is 1.78. The summed E-state index contributed by atoms with van der Waals surface area (Å²) < 4.78 is 7.63. The maximum absolute atomic E-state index is 5.33. The number of aromatic nitrogens is 4. The first kappa shape index (κ1) is 11.2. The molecule has 0 fully saturated rings. The van der Waals surface area contributed by atoms with Crippen LogP contribution < -0.4 is 0 Å². The molecule has 3 rings (SSSR count). The Bertz CT molecular complexity index is 768. The van der Waals surface area contributed by atoms with Gasteiger partial charge < -0.3 is 9.51 Å². The molecular formula is C12H12N4OS. The van der Waals surface area contributed by atoms with Crippen LogP contribution in [0.5, 0.6) is 0 Å². The van der Waals surface area contributed by atoms with Crippen molar-refractivity contribution in [3.63, 3.8) is 0 Å². The van der Waals surface area contributed by atoms with Gasteiger partial charge in [0.2, 0.25) is 0 Å². The molecule has 1 N–H and O–H groups in total. The summed E-state index contributed by atoms with van der Waals surface area (Å²) in [6.45, 7) is 4.46. The van der Waals surface area contributed by atoms with Gasteiger partial charge in [0.05, 0.1) is 12.1 Å². The summed E-state index contributed by atoms with van der Waals surface area (Å²) in [7, 11) is 0. The summed E-state index contributed by atoms with van der Waals surface area (Å²) in [5, 5.41) is 3.98. The van der Waals surface area contributed by atoms with Crippen LogP contribution in [0.2, 0.25) is 0 Å². The number of hydrogen-bond acceptors (Lipinski definition) is 4. The van der Waals surface area contributed by atoms with E-state index in [1.165, 1.54) is 0 Å². The normalized spacial score (nSPS) is 11.2. The third-order valence-corrected chi connectivity index (χ3v) is 3.19. The second-order valence-corrected chi connectivity index (χ2v) is 4.66. The van der Waals surface area contributed by atoms with Gasteiger partial charge in [-0.05, 0) is 37.7 Å². The third kappa shape index (κ3) is 1.74. The van der Waals surface area contributed by atoms with Crippen LogP contribution in [0.3, 0.4) is 0 Å². The third-order valence-electron chi connectivity index (χ3n) is 2.87. The predicted molar refractivity (Wildman–Crippen MR) is 70.0 cm³/mol. The SMILES string of the molecule is Cc1cc(Cn2c(=S)[nH]c3c(C)ccnc32)no1. The molecule has 0 bridgehead atoms. The molecule has 0 amide bonds. The molecule has 0 unspecified atom stereocenters. The molecule has 92 valence electrons. The molecular weight excluding hydrogens is 248 g/mol. The minimum absolute atomic E-state index is 0.562. The molecule has 0 aliphatic rings. The fourth-order valence-corrected chi connectivity index (χ4v) is 2.23. The van der Waals surface area contributed by atoms with Gasteiger partial charge in [-0.1, -0.05) is 5.16 Å². The zero-order valence-corrected chi connectivity index (χ0v) is 10.9. The Balaban J connectivity index is 2.14. The van der Waals surface area contributed by atoms with E-state index in [0.717, 1.165) is 28.2 Å². The molecule has 0 saturated carbocycles. The van der Waals surface area contributed by atoms with Crippen LogP contribution in [0.25, 0.3) is 11.2 Å². The molecule has 0 atom stereocenters. The molecule has 0 radical (unpaired) electrons. The molecule has 6 heteroatoms. The highest BCUT2D eigenvalue weighted by Crippen LogP contribution is 2.16. The minimum atomic E-state index is 0.562. The topological polar surface area (TPSA) is 59.6 Å². The standard InChI is InChI=1S/C12H12N4OS/c1-7-3-4-13-11-10(7)14-12(18)16(11)6-9-5-8(2)17-15-9/h3-5H,6H2,1-2H3,(H,14,18). The van der Waals surface area contributed by atoms with Crippen LogP contribution in [-0.2, 0) is 6.54 Å². The van der Waals surface area contributed by atoms with Crippen molar-refractivity contribution in [1.82, 2.24) is 19.7 Å². The summed E-state index contributed by atoms with van der Waals surface area (Å²) >= 11 is 5.33. The second-order valence-electron chi connectivity index (χ2n) is 4.27. The van der Waals surface area contributed by atoms with Gasteiger partial charge in [-0.2, -0.15) is 0 Å². The van der Waals surface area contributed by atoms with Gasteiger partial charge in [0.15, 0.2) is 10.4 Å². The zero-order valence-electron chi connectivity index (χ0n) is 10.1. The average Bonchev–Trinajstić information content (AvgIpc) is 2.87. The van der Waals surface area contributed by atoms with E-state index in [-0.39, 0.29) is 0 Å².